The highest BCUT2D eigenvalue weighted by atomic mass is 16.7. The fraction of sp³-hybridized carbons (Fsp3) is 0.267. The van der Waals surface area contributed by atoms with Gasteiger partial charge in [-0.2, -0.15) is 0 Å². The smallest absolute Gasteiger partial charge is 0.310 e. The standard InChI is InChI=1S/C60H52O30/c61-23-13-33(71)41-35(15-23)85-53(21-3-7-27(65)31(69)11-21)55(47(41)75)89-59-51(79)49(77)45(73)37(87-59)17-83-57(81)43-39(19-1-5-25(63)29(67)9-19)40(20-2-6-26(64)30(68)10-20)44(43)58(82)84-18-38-46(74)50(78)52(80)60(88-38)90-56-48(76)42-34(72)14-24(62)16-36(42)86-54(56)22-4-8-28(66)32(70)12-22/h1-16,37-40,43-46,49-52,59-74,77-80H,17-18H2/t37-,38-,39+,40+,43+,44+,45-,46-,49+,50+,51-,52-,59+,60+/m1/s1. The third-order valence-electron chi connectivity index (χ3n) is 15.8. The van der Waals surface area contributed by atoms with Crippen LogP contribution in [0.4, 0.5) is 0 Å². The Morgan fingerprint density at radius 3 is 1.08 bits per heavy atom. The van der Waals surface area contributed by atoms with Crippen LogP contribution in [-0.4, -0.2) is 178 Å². The lowest BCUT2D eigenvalue weighted by Crippen LogP contribution is -2.61. The minimum absolute atomic E-state index is 0.0244. The number of aliphatic hydroxyl groups excluding tert-OH is 6. The van der Waals surface area contributed by atoms with Crippen LogP contribution in [0.1, 0.15) is 23.0 Å². The molecule has 11 rings (SSSR count). The molecule has 3 aliphatic rings. The third kappa shape index (κ3) is 11.0. The molecule has 2 aromatic heterocycles. The first-order valence-corrected chi connectivity index (χ1v) is 26.9. The maximum Gasteiger partial charge on any atom is 0.310 e. The van der Waals surface area contributed by atoms with E-state index < -0.39 is 235 Å². The van der Waals surface area contributed by atoms with Gasteiger partial charge < -0.3 is 129 Å². The number of aliphatic hydroxyl groups is 6. The Morgan fingerprint density at radius 2 is 0.733 bits per heavy atom. The summed E-state index contributed by atoms with van der Waals surface area (Å²) < 4.78 is 46.3. The summed E-state index contributed by atoms with van der Waals surface area (Å²) in [5.74, 6) is -19.9. The molecule has 2 saturated heterocycles. The van der Waals surface area contributed by atoms with E-state index in [-0.39, 0.29) is 22.3 Å². The molecule has 0 radical (unpaired) electrons. The number of carbonyl (C=O) groups is 2. The van der Waals surface area contributed by atoms with Crippen LogP contribution in [0.25, 0.3) is 44.6 Å². The summed E-state index contributed by atoms with van der Waals surface area (Å²) in [6, 6.07) is 16.2. The molecule has 0 unspecified atom stereocenters. The predicted molar refractivity (Wildman–Crippen MR) is 298 cm³/mol. The first-order valence-electron chi connectivity index (χ1n) is 26.9. The van der Waals surface area contributed by atoms with Gasteiger partial charge in [-0.05, 0) is 71.8 Å². The van der Waals surface area contributed by atoms with Crippen LogP contribution in [0.3, 0.4) is 0 Å². The van der Waals surface area contributed by atoms with Crippen molar-refractivity contribution < 1.29 is 139 Å². The topological polar surface area (TPSA) is 514 Å². The van der Waals surface area contributed by atoms with E-state index >= 15 is 0 Å². The van der Waals surface area contributed by atoms with Gasteiger partial charge in [0.05, 0.1) is 11.8 Å². The van der Waals surface area contributed by atoms with Gasteiger partial charge in [-0.25, -0.2) is 0 Å². The number of phenolic OH excluding ortho intramolecular Hbond substituents is 12. The van der Waals surface area contributed by atoms with Crippen LogP contribution in [0.5, 0.6) is 80.5 Å². The molecule has 6 aromatic carbocycles. The Hall–Kier alpha value is -10.4. The predicted octanol–water partition coefficient (Wildman–Crippen LogP) is 1.67. The molecule has 0 spiro atoms. The lowest BCUT2D eigenvalue weighted by atomic mass is 9.52. The van der Waals surface area contributed by atoms with Gasteiger partial charge in [0, 0.05) is 47.2 Å². The van der Waals surface area contributed by atoms with Gasteiger partial charge in [0.25, 0.3) is 0 Å². The number of phenols is 12. The molecule has 0 amide bonds. The summed E-state index contributed by atoms with van der Waals surface area (Å²) >= 11 is 0. The summed E-state index contributed by atoms with van der Waals surface area (Å²) in [7, 11) is 0. The second-order valence-electron chi connectivity index (χ2n) is 21.4. The molecular weight excluding hydrogens is 1200 g/mol. The van der Waals surface area contributed by atoms with Crippen LogP contribution < -0.4 is 20.3 Å². The number of rotatable bonds is 14. The molecule has 3 fully saturated rings. The molecule has 30 heteroatoms. The average Bonchev–Trinajstić information content (AvgIpc) is 0.733. The Balaban J connectivity index is 0.893. The SMILES string of the molecule is O=C(OC[C@H]1O[C@@H](Oc2c(-c3ccc(O)c(O)c3)oc3cc(O)cc(O)c3c2=O)[C@H](O)[C@@H](O)[C@@H]1O)[C@@H]1[C@@H](C(=O)OC[C@H]2O[C@@H](Oc3c(-c4ccc(O)c(O)c4)oc4cc(O)cc(O)c4c3=O)[C@H](O)[C@@H](O)[C@@H]2O)[C@@H](c2ccc(O)c(O)c2)[C@@H]1c1ccc(O)c(O)c1. The Bertz CT molecular complexity index is 4000. The van der Waals surface area contributed by atoms with E-state index in [9.17, 15) is 111 Å². The summed E-state index contributed by atoms with van der Waals surface area (Å²) in [6.07, 6.45) is -21.4. The lowest BCUT2D eigenvalue weighted by molar-refractivity contribution is -0.280. The number of carbonyl (C=O) groups excluding carboxylic acids is 2. The van der Waals surface area contributed by atoms with E-state index in [1.54, 1.807) is 0 Å². The fourth-order valence-corrected chi connectivity index (χ4v) is 11.2. The molecule has 4 heterocycles. The van der Waals surface area contributed by atoms with Crippen molar-refractivity contribution in [2.45, 2.75) is 73.2 Å². The van der Waals surface area contributed by atoms with Crippen molar-refractivity contribution in [1.82, 2.24) is 0 Å². The molecule has 90 heavy (non-hydrogen) atoms. The maximum atomic E-state index is 14.8. The van der Waals surface area contributed by atoms with E-state index in [1.165, 1.54) is 12.1 Å². The summed E-state index contributed by atoms with van der Waals surface area (Å²) in [4.78, 5) is 57.9. The molecule has 0 bridgehead atoms. The highest BCUT2D eigenvalue weighted by molar-refractivity contribution is 5.90. The summed E-state index contributed by atoms with van der Waals surface area (Å²) in [6.45, 7) is -2.16. The van der Waals surface area contributed by atoms with Crippen molar-refractivity contribution in [2.24, 2.45) is 11.8 Å². The molecule has 1 saturated carbocycles. The van der Waals surface area contributed by atoms with Crippen LogP contribution >= 0.6 is 0 Å². The molecular formula is C60H52O30. The monoisotopic (exact) mass is 1250 g/mol. The quantitative estimate of drug-likeness (QED) is 0.0544. The van der Waals surface area contributed by atoms with Crippen molar-refractivity contribution in [3.63, 3.8) is 0 Å². The Labute approximate surface area is 501 Å². The molecule has 472 valence electrons. The van der Waals surface area contributed by atoms with Crippen LogP contribution in [0.15, 0.2) is 115 Å². The van der Waals surface area contributed by atoms with Crippen LogP contribution in [-0.2, 0) is 28.5 Å². The van der Waals surface area contributed by atoms with Gasteiger partial charge in [-0.15, -0.1) is 0 Å². The zero-order chi connectivity index (χ0) is 64.6. The fourth-order valence-electron chi connectivity index (χ4n) is 11.2. The number of aromatic hydroxyl groups is 12. The molecule has 14 atom stereocenters. The molecule has 2 aliphatic heterocycles. The average molecular weight is 1250 g/mol. The lowest BCUT2D eigenvalue weighted by Gasteiger charge is -2.50. The number of fused-ring (bicyclic) bond motifs is 2. The van der Waals surface area contributed by atoms with Gasteiger partial charge in [-0.1, -0.05) is 12.1 Å². The Kier molecular flexibility index (Phi) is 16.0. The van der Waals surface area contributed by atoms with Gasteiger partial charge in [0.2, 0.25) is 34.9 Å². The number of hydrogen-bond acceptors (Lipinski definition) is 30. The van der Waals surface area contributed by atoms with E-state index in [1.807, 2.05) is 0 Å². The van der Waals surface area contributed by atoms with Crippen LogP contribution in [0, 0.1) is 11.8 Å². The minimum atomic E-state index is -2.24. The van der Waals surface area contributed by atoms with Crippen LogP contribution in [0.2, 0.25) is 0 Å². The van der Waals surface area contributed by atoms with Gasteiger partial charge >= 0.3 is 11.9 Å². The summed E-state index contributed by atoms with van der Waals surface area (Å²) in [5, 5.41) is 191. The molecule has 8 aromatic rings. The molecule has 30 nitrogen and oxygen atoms in total. The Morgan fingerprint density at radius 1 is 0.389 bits per heavy atom. The zero-order valence-corrected chi connectivity index (χ0v) is 45.7. The number of hydrogen-bond donors (Lipinski definition) is 18. The van der Waals surface area contributed by atoms with Gasteiger partial charge in [0.15, 0.2) is 57.5 Å². The minimum Gasteiger partial charge on any atom is -0.508 e. The van der Waals surface area contributed by atoms with Crippen molar-refractivity contribution >= 4 is 33.9 Å². The van der Waals surface area contributed by atoms with E-state index in [0.717, 1.165) is 84.9 Å². The summed E-state index contributed by atoms with van der Waals surface area (Å²) in [5.41, 5.74) is -3.52. The number of esters is 2. The van der Waals surface area contributed by atoms with E-state index in [0.29, 0.717) is 0 Å². The third-order valence-corrected chi connectivity index (χ3v) is 15.8. The first-order chi connectivity index (χ1) is 42.7. The van der Waals surface area contributed by atoms with Gasteiger partial charge in [0.1, 0.15) is 107 Å². The maximum absolute atomic E-state index is 14.8. The number of benzene rings is 6. The van der Waals surface area contributed by atoms with Crippen molar-refractivity contribution in [3.05, 3.63) is 129 Å². The number of ether oxygens (including phenoxy) is 6. The zero-order valence-electron chi connectivity index (χ0n) is 45.7. The van der Waals surface area contributed by atoms with Crippen molar-refractivity contribution in [2.75, 3.05) is 13.2 Å². The largest absolute Gasteiger partial charge is 0.508 e. The normalized spacial score (nSPS) is 25.7. The van der Waals surface area contributed by atoms with Crippen molar-refractivity contribution in [1.29, 1.82) is 0 Å². The molecule has 18 N–H and O–H groups in total. The second kappa shape index (κ2) is 23.6. The van der Waals surface area contributed by atoms with E-state index in [2.05, 4.69) is 0 Å². The molecule has 1 aliphatic carbocycles. The highest BCUT2D eigenvalue weighted by Gasteiger charge is 2.61. The first kappa shape index (κ1) is 61.2. The van der Waals surface area contributed by atoms with Crippen molar-refractivity contribution in [3.8, 4) is 103 Å². The van der Waals surface area contributed by atoms with Gasteiger partial charge in [-0.3, -0.25) is 19.2 Å². The second-order valence-corrected chi connectivity index (χ2v) is 21.4. The van der Waals surface area contributed by atoms with E-state index in [4.69, 9.17) is 37.3 Å². The highest BCUT2D eigenvalue weighted by Crippen LogP contribution is 2.60.